The average molecular weight is 238 g/mol. The molecule has 1 fully saturated rings. The molecule has 3 atom stereocenters. The van der Waals surface area contributed by atoms with Gasteiger partial charge in [0, 0.05) is 6.61 Å². The van der Waals surface area contributed by atoms with Crippen molar-refractivity contribution in [2.24, 2.45) is 11.8 Å². The molecule has 4 heteroatoms. The van der Waals surface area contributed by atoms with Gasteiger partial charge in [0.25, 0.3) is 0 Å². The molecule has 1 heterocycles. The predicted molar refractivity (Wildman–Crippen MR) is 64.7 cm³/mol. The minimum Gasteiger partial charge on any atom is -0.376 e. The predicted octanol–water partition coefficient (Wildman–Crippen LogP) is 1.63. The van der Waals surface area contributed by atoms with Crippen LogP contribution in [0.5, 0.6) is 0 Å². The summed E-state index contributed by atoms with van der Waals surface area (Å²) in [7, 11) is 0. The van der Waals surface area contributed by atoms with E-state index in [1.165, 1.54) is 12.1 Å². The zero-order valence-corrected chi connectivity index (χ0v) is 10.0. The van der Waals surface area contributed by atoms with E-state index in [9.17, 15) is 4.39 Å². The highest BCUT2D eigenvalue weighted by molar-refractivity contribution is 5.17. The second-order valence-electron chi connectivity index (χ2n) is 4.71. The first-order valence-electron chi connectivity index (χ1n) is 6.03. The second-order valence-corrected chi connectivity index (χ2v) is 4.71. The number of rotatable bonds is 4. The van der Waals surface area contributed by atoms with Crippen LogP contribution < -0.4 is 11.3 Å². The van der Waals surface area contributed by atoms with E-state index >= 15 is 0 Å². The van der Waals surface area contributed by atoms with Gasteiger partial charge in [0.1, 0.15) is 5.82 Å². The Morgan fingerprint density at radius 1 is 1.47 bits per heavy atom. The summed E-state index contributed by atoms with van der Waals surface area (Å²) in [4.78, 5) is 0. The molecule has 94 valence electrons. The summed E-state index contributed by atoms with van der Waals surface area (Å²) in [6, 6.07) is 6.61. The minimum absolute atomic E-state index is 0.0814. The lowest BCUT2D eigenvalue weighted by molar-refractivity contribution is 0.0610. The molecule has 1 aliphatic heterocycles. The molecule has 2 rings (SSSR count). The first-order valence-corrected chi connectivity index (χ1v) is 6.03. The van der Waals surface area contributed by atoms with E-state index in [0.717, 1.165) is 25.0 Å². The van der Waals surface area contributed by atoms with Crippen LogP contribution in [0.15, 0.2) is 24.3 Å². The smallest absolute Gasteiger partial charge is 0.123 e. The van der Waals surface area contributed by atoms with Crippen molar-refractivity contribution < 1.29 is 9.13 Å². The molecule has 1 saturated heterocycles. The molecule has 0 spiro atoms. The standard InChI is InChI=1S/C13H19FN2O/c1-9-6-7-17-13(9)12(16-15)8-10-2-4-11(14)5-3-10/h2-5,9,12-13,16H,6-8,15H2,1H3. The molecule has 1 aromatic carbocycles. The van der Waals surface area contributed by atoms with Crippen molar-refractivity contribution in [1.82, 2.24) is 5.43 Å². The lowest BCUT2D eigenvalue weighted by Gasteiger charge is -2.25. The van der Waals surface area contributed by atoms with Crippen molar-refractivity contribution in [2.75, 3.05) is 6.61 Å². The third-order valence-electron chi connectivity index (χ3n) is 3.42. The fourth-order valence-electron chi connectivity index (χ4n) is 2.38. The number of ether oxygens (including phenoxy) is 1. The van der Waals surface area contributed by atoms with Crippen molar-refractivity contribution in [3.05, 3.63) is 35.6 Å². The molecular weight excluding hydrogens is 219 g/mol. The lowest BCUT2D eigenvalue weighted by Crippen LogP contribution is -2.47. The van der Waals surface area contributed by atoms with E-state index in [-0.39, 0.29) is 18.0 Å². The Kier molecular flexibility index (Phi) is 4.10. The molecule has 3 N–H and O–H groups in total. The van der Waals surface area contributed by atoms with Crippen LogP contribution in [-0.4, -0.2) is 18.8 Å². The molecule has 1 aromatic rings. The number of hydrazine groups is 1. The average Bonchev–Trinajstić information content (AvgIpc) is 2.75. The van der Waals surface area contributed by atoms with E-state index in [1.54, 1.807) is 12.1 Å². The van der Waals surface area contributed by atoms with Crippen molar-refractivity contribution in [1.29, 1.82) is 0 Å². The van der Waals surface area contributed by atoms with Crippen LogP contribution >= 0.6 is 0 Å². The molecule has 3 unspecified atom stereocenters. The second kappa shape index (κ2) is 5.58. The Labute approximate surface area is 101 Å². The first-order chi connectivity index (χ1) is 8.20. The van der Waals surface area contributed by atoms with Gasteiger partial charge in [0.05, 0.1) is 12.1 Å². The van der Waals surface area contributed by atoms with Crippen LogP contribution in [0.3, 0.4) is 0 Å². The van der Waals surface area contributed by atoms with Gasteiger partial charge in [-0.3, -0.25) is 11.3 Å². The van der Waals surface area contributed by atoms with E-state index in [2.05, 4.69) is 12.3 Å². The van der Waals surface area contributed by atoms with Gasteiger partial charge in [0.2, 0.25) is 0 Å². The Bertz CT molecular complexity index is 355. The fourth-order valence-corrected chi connectivity index (χ4v) is 2.38. The quantitative estimate of drug-likeness (QED) is 0.619. The Morgan fingerprint density at radius 3 is 2.71 bits per heavy atom. The molecule has 0 amide bonds. The number of nitrogens with two attached hydrogens (primary N) is 1. The normalized spacial score (nSPS) is 26.1. The van der Waals surface area contributed by atoms with Crippen LogP contribution in [-0.2, 0) is 11.2 Å². The molecule has 1 aliphatic rings. The van der Waals surface area contributed by atoms with Crippen LogP contribution in [0.2, 0.25) is 0 Å². The molecule has 0 saturated carbocycles. The highest BCUT2D eigenvalue weighted by Crippen LogP contribution is 2.24. The Balaban J connectivity index is 2.01. The topological polar surface area (TPSA) is 47.3 Å². The van der Waals surface area contributed by atoms with Crippen LogP contribution in [0, 0.1) is 11.7 Å². The van der Waals surface area contributed by atoms with E-state index in [4.69, 9.17) is 10.6 Å². The van der Waals surface area contributed by atoms with Crippen molar-refractivity contribution >= 4 is 0 Å². The maximum atomic E-state index is 12.8. The van der Waals surface area contributed by atoms with Gasteiger partial charge >= 0.3 is 0 Å². The Hall–Kier alpha value is -0.970. The number of benzene rings is 1. The van der Waals surface area contributed by atoms with Crippen LogP contribution in [0.4, 0.5) is 4.39 Å². The SMILES string of the molecule is CC1CCOC1C(Cc1ccc(F)cc1)NN. The fraction of sp³-hybridized carbons (Fsp3) is 0.538. The summed E-state index contributed by atoms with van der Waals surface area (Å²) >= 11 is 0. The lowest BCUT2D eigenvalue weighted by atomic mass is 9.93. The number of hydrogen-bond donors (Lipinski definition) is 2. The van der Waals surface area contributed by atoms with Crippen molar-refractivity contribution in [3.8, 4) is 0 Å². The van der Waals surface area contributed by atoms with Gasteiger partial charge in [-0.25, -0.2) is 4.39 Å². The summed E-state index contributed by atoms with van der Waals surface area (Å²) in [5, 5.41) is 0. The molecular formula is C13H19FN2O. The summed E-state index contributed by atoms with van der Waals surface area (Å²) in [6.07, 6.45) is 1.97. The Morgan fingerprint density at radius 2 is 2.18 bits per heavy atom. The zero-order valence-electron chi connectivity index (χ0n) is 10.0. The first kappa shape index (κ1) is 12.5. The third kappa shape index (κ3) is 3.03. The minimum atomic E-state index is -0.212. The maximum Gasteiger partial charge on any atom is 0.123 e. The molecule has 3 nitrogen and oxygen atoms in total. The molecule has 17 heavy (non-hydrogen) atoms. The van der Waals surface area contributed by atoms with Gasteiger partial charge in [-0.2, -0.15) is 0 Å². The van der Waals surface area contributed by atoms with Gasteiger partial charge in [-0.15, -0.1) is 0 Å². The number of halogens is 1. The van der Waals surface area contributed by atoms with Gasteiger partial charge in [-0.1, -0.05) is 19.1 Å². The van der Waals surface area contributed by atoms with Crippen LogP contribution in [0.25, 0.3) is 0 Å². The highest BCUT2D eigenvalue weighted by atomic mass is 19.1. The molecule has 0 aliphatic carbocycles. The molecule has 0 radical (unpaired) electrons. The van der Waals surface area contributed by atoms with Gasteiger partial charge < -0.3 is 4.74 Å². The maximum absolute atomic E-state index is 12.8. The summed E-state index contributed by atoms with van der Waals surface area (Å²) in [5.41, 5.74) is 3.89. The highest BCUT2D eigenvalue weighted by Gasteiger charge is 2.31. The van der Waals surface area contributed by atoms with Gasteiger partial charge in [-0.05, 0) is 36.5 Å². The van der Waals surface area contributed by atoms with E-state index in [1.807, 2.05) is 0 Å². The summed E-state index contributed by atoms with van der Waals surface area (Å²) < 4.78 is 18.5. The number of nitrogens with one attached hydrogen (secondary N) is 1. The van der Waals surface area contributed by atoms with Crippen molar-refractivity contribution in [3.63, 3.8) is 0 Å². The summed E-state index contributed by atoms with van der Waals surface area (Å²) in [6.45, 7) is 2.97. The van der Waals surface area contributed by atoms with Crippen molar-refractivity contribution in [2.45, 2.75) is 31.9 Å². The van der Waals surface area contributed by atoms with E-state index < -0.39 is 0 Å². The monoisotopic (exact) mass is 238 g/mol. The molecule has 0 bridgehead atoms. The van der Waals surface area contributed by atoms with Gasteiger partial charge in [0.15, 0.2) is 0 Å². The van der Waals surface area contributed by atoms with E-state index in [0.29, 0.717) is 5.92 Å². The molecule has 0 aromatic heterocycles. The van der Waals surface area contributed by atoms with Crippen LogP contribution in [0.1, 0.15) is 18.9 Å². The third-order valence-corrected chi connectivity index (χ3v) is 3.42. The zero-order chi connectivity index (χ0) is 12.3. The number of hydrogen-bond acceptors (Lipinski definition) is 3. The largest absolute Gasteiger partial charge is 0.376 e. The summed E-state index contributed by atoms with van der Waals surface area (Å²) in [5.74, 6) is 5.89.